The van der Waals surface area contributed by atoms with Gasteiger partial charge in [-0.3, -0.25) is 14.5 Å². The lowest BCUT2D eigenvalue weighted by atomic mass is 9.86. The number of aliphatic carboxylic acids is 1. The van der Waals surface area contributed by atoms with Crippen LogP contribution in [-0.4, -0.2) is 47.6 Å². The zero-order valence-electron chi connectivity index (χ0n) is 12.7. The number of carboxylic acid groups (broad SMARTS) is 1. The fourth-order valence-electron chi connectivity index (χ4n) is 3.32. The highest BCUT2D eigenvalue weighted by molar-refractivity contribution is 5.85. The molecule has 1 aliphatic carbocycles. The number of piperidine rings is 1. The molecule has 0 aromatic carbocycles. The summed E-state index contributed by atoms with van der Waals surface area (Å²) in [5.74, 6) is -0.263. The van der Waals surface area contributed by atoms with E-state index in [0.717, 1.165) is 6.42 Å². The van der Waals surface area contributed by atoms with Gasteiger partial charge in [-0.2, -0.15) is 0 Å². The van der Waals surface area contributed by atoms with Crippen LogP contribution in [-0.2, 0) is 9.59 Å². The third-order valence-corrected chi connectivity index (χ3v) is 4.76. The normalized spacial score (nSPS) is 27.7. The number of hydrogen-bond acceptors (Lipinski definition) is 3. The molecule has 1 saturated heterocycles. The van der Waals surface area contributed by atoms with E-state index in [1.54, 1.807) is 0 Å². The predicted octanol–water partition coefficient (Wildman–Crippen LogP) is 1.90. The third kappa shape index (κ3) is 5.47. The molecule has 1 heterocycles. The summed E-state index contributed by atoms with van der Waals surface area (Å²) in [4.78, 5) is 25.0. The van der Waals surface area contributed by atoms with Crippen LogP contribution < -0.4 is 5.32 Å². The Hall–Kier alpha value is -0.810. The summed E-state index contributed by atoms with van der Waals surface area (Å²) in [6, 6.07) is 0.327. The Labute approximate surface area is 132 Å². The molecule has 0 radical (unpaired) electrons. The van der Waals surface area contributed by atoms with Crippen molar-refractivity contribution in [1.82, 2.24) is 10.2 Å². The number of nitrogens with zero attached hydrogens (tertiary/aromatic N) is 1. The van der Waals surface area contributed by atoms with Crippen LogP contribution in [0.25, 0.3) is 0 Å². The highest BCUT2D eigenvalue weighted by Crippen LogP contribution is 2.23. The Balaban J connectivity index is 0.00000220. The van der Waals surface area contributed by atoms with E-state index in [-0.39, 0.29) is 24.2 Å². The second-order valence-corrected chi connectivity index (χ2v) is 6.32. The average molecular weight is 319 g/mol. The minimum absolute atomic E-state index is 0. The first kappa shape index (κ1) is 18.2. The van der Waals surface area contributed by atoms with Gasteiger partial charge >= 0.3 is 5.97 Å². The molecule has 2 fully saturated rings. The zero-order chi connectivity index (χ0) is 14.5. The highest BCUT2D eigenvalue weighted by Gasteiger charge is 2.27. The number of carbonyl (C=O) groups is 2. The Morgan fingerprint density at radius 3 is 2.33 bits per heavy atom. The van der Waals surface area contributed by atoms with Gasteiger partial charge in [0.05, 0.1) is 12.5 Å². The lowest BCUT2D eigenvalue weighted by Crippen LogP contribution is -2.47. The second-order valence-electron chi connectivity index (χ2n) is 6.32. The molecule has 21 heavy (non-hydrogen) atoms. The standard InChI is InChI=1S/C15H26N2O3.ClH/c1-11-4-2-3-5-13(11)16-14(18)10-17-8-6-12(7-9-17)15(19)20;/h11-13H,2-10H2,1H3,(H,16,18)(H,19,20);1H. The van der Waals surface area contributed by atoms with E-state index in [2.05, 4.69) is 17.1 Å². The molecule has 6 heteroatoms. The molecule has 2 atom stereocenters. The van der Waals surface area contributed by atoms with E-state index in [0.29, 0.717) is 44.4 Å². The number of carbonyl (C=O) groups excluding carboxylic acids is 1. The second kappa shape index (κ2) is 8.59. The van der Waals surface area contributed by atoms with Crippen molar-refractivity contribution in [2.75, 3.05) is 19.6 Å². The molecule has 2 N–H and O–H groups in total. The highest BCUT2D eigenvalue weighted by atomic mass is 35.5. The van der Waals surface area contributed by atoms with Gasteiger partial charge in [-0.1, -0.05) is 19.8 Å². The van der Waals surface area contributed by atoms with Crippen LogP contribution in [0, 0.1) is 11.8 Å². The van der Waals surface area contributed by atoms with E-state index < -0.39 is 5.97 Å². The first-order valence-electron chi connectivity index (χ1n) is 7.81. The summed E-state index contributed by atoms with van der Waals surface area (Å²) in [6.45, 7) is 4.05. The van der Waals surface area contributed by atoms with Crippen LogP contribution in [0.5, 0.6) is 0 Å². The fourth-order valence-corrected chi connectivity index (χ4v) is 3.32. The van der Waals surface area contributed by atoms with Gasteiger partial charge in [0.25, 0.3) is 0 Å². The van der Waals surface area contributed by atoms with Gasteiger partial charge in [0.2, 0.25) is 5.91 Å². The number of rotatable bonds is 4. The molecular weight excluding hydrogens is 292 g/mol. The molecule has 1 aliphatic heterocycles. The van der Waals surface area contributed by atoms with Crippen LogP contribution in [0.1, 0.15) is 45.4 Å². The first-order valence-corrected chi connectivity index (χ1v) is 7.81. The number of carboxylic acids is 1. The smallest absolute Gasteiger partial charge is 0.306 e. The number of halogens is 1. The summed E-state index contributed by atoms with van der Waals surface area (Å²) < 4.78 is 0. The summed E-state index contributed by atoms with van der Waals surface area (Å²) in [7, 11) is 0. The quantitative estimate of drug-likeness (QED) is 0.830. The fraction of sp³-hybridized carbons (Fsp3) is 0.867. The minimum Gasteiger partial charge on any atom is -0.481 e. The number of likely N-dealkylation sites (tertiary alicyclic amines) is 1. The maximum atomic E-state index is 12.1. The molecule has 0 spiro atoms. The van der Waals surface area contributed by atoms with Gasteiger partial charge in [0.1, 0.15) is 0 Å². The molecule has 0 aromatic rings. The van der Waals surface area contributed by atoms with Crippen LogP contribution in [0.3, 0.4) is 0 Å². The topological polar surface area (TPSA) is 69.6 Å². The molecule has 0 bridgehead atoms. The van der Waals surface area contributed by atoms with E-state index in [1.807, 2.05) is 0 Å². The van der Waals surface area contributed by atoms with Gasteiger partial charge in [-0.05, 0) is 44.7 Å². The molecule has 1 amide bonds. The van der Waals surface area contributed by atoms with E-state index >= 15 is 0 Å². The Bertz CT molecular complexity index is 357. The Kier molecular flexibility index (Phi) is 7.46. The van der Waals surface area contributed by atoms with E-state index in [4.69, 9.17) is 5.11 Å². The average Bonchev–Trinajstić information content (AvgIpc) is 2.42. The van der Waals surface area contributed by atoms with Gasteiger partial charge in [-0.25, -0.2) is 0 Å². The third-order valence-electron chi connectivity index (χ3n) is 4.76. The van der Waals surface area contributed by atoms with Crippen molar-refractivity contribution in [3.8, 4) is 0 Å². The molecule has 122 valence electrons. The summed E-state index contributed by atoms with van der Waals surface area (Å²) >= 11 is 0. The maximum Gasteiger partial charge on any atom is 0.306 e. The van der Waals surface area contributed by atoms with Gasteiger partial charge in [0.15, 0.2) is 0 Å². The number of hydrogen-bond donors (Lipinski definition) is 2. The van der Waals surface area contributed by atoms with E-state index in [1.165, 1.54) is 19.3 Å². The molecule has 2 aliphatic rings. The van der Waals surface area contributed by atoms with Crippen LogP contribution in [0.4, 0.5) is 0 Å². The summed E-state index contributed by atoms with van der Waals surface area (Å²) in [5.41, 5.74) is 0. The lowest BCUT2D eigenvalue weighted by Gasteiger charge is -2.32. The molecule has 2 rings (SSSR count). The Morgan fingerprint density at radius 1 is 1.14 bits per heavy atom. The zero-order valence-corrected chi connectivity index (χ0v) is 13.5. The van der Waals surface area contributed by atoms with Crippen LogP contribution in [0.15, 0.2) is 0 Å². The van der Waals surface area contributed by atoms with E-state index in [9.17, 15) is 9.59 Å². The minimum atomic E-state index is -0.704. The number of nitrogens with one attached hydrogen (secondary N) is 1. The molecule has 2 unspecified atom stereocenters. The largest absolute Gasteiger partial charge is 0.481 e. The van der Waals surface area contributed by atoms with Crippen LogP contribution in [0.2, 0.25) is 0 Å². The molecule has 5 nitrogen and oxygen atoms in total. The van der Waals surface area contributed by atoms with Gasteiger partial charge in [0, 0.05) is 6.04 Å². The van der Waals surface area contributed by atoms with Crippen LogP contribution >= 0.6 is 12.4 Å². The predicted molar refractivity (Wildman–Crippen MR) is 83.6 cm³/mol. The van der Waals surface area contributed by atoms with Gasteiger partial charge < -0.3 is 10.4 Å². The Morgan fingerprint density at radius 2 is 1.76 bits per heavy atom. The molecule has 1 saturated carbocycles. The maximum absolute atomic E-state index is 12.1. The lowest BCUT2D eigenvalue weighted by molar-refractivity contribution is -0.143. The monoisotopic (exact) mass is 318 g/mol. The summed E-state index contributed by atoms with van der Waals surface area (Å²) in [5, 5.41) is 12.1. The van der Waals surface area contributed by atoms with Crippen molar-refractivity contribution in [2.24, 2.45) is 11.8 Å². The van der Waals surface area contributed by atoms with Crippen molar-refractivity contribution in [3.63, 3.8) is 0 Å². The number of amides is 1. The van der Waals surface area contributed by atoms with Crippen molar-refractivity contribution in [1.29, 1.82) is 0 Å². The molecule has 0 aromatic heterocycles. The van der Waals surface area contributed by atoms with Crippen molar-refractivity contribution < 1.29 is 14.7 Å². The van der Waals surface area contributed by atoms with Crippen molar-refractivity contribution in [2.45, 2.75) is 51.5 Å². The van der Waals surface area contributed by atoms with Crippen molar-refractivity contribution in [3.05, 3.63) is 0 Å². The first-order chi connectivity index (χ1) is 9.56. The van der Waals surface area contributed by atoms with Gasteiger partial charge in [-0.15, -0.1) is 12.4 Å². The SMILES string of the molecule is CC1CCCCC1NC(=O)CN1CCC(C(=O)O)CC1.Cl. The van der Waals surface area contributed by atoms with Crippen molar-refractivity contribution >= 4 is 24.3 Å². The molecular formula is C15H27ClN2O3. The summed E-state index contributed by atoms with van der Waals surface area (Å²) in [6.07, 6.45) is 6.09.